The van der Waals surface area contributed by atoms with E-state index in [9.17, 15) is 9.59 Å². The number of benzene rings is 1. The van der Waals surface area contributed by atoms with Crippen molar-refractivity contribution in [3.63, 3.8) is 0 Å². The van der Waals surface area contributed by atoms with Gasteiger partial charge in [-0.25, -0.2) is 4.98 Å². The highest BCUT2D eigenvalue weighted by atomic mass is 16.2. The number of fused-ring (bicyclic) bond motifs is 2. The van der Waals surface area contributed by atoms with Gasteiger partial charge in [0.15, 0.2) is 5.65 Å². The average molecular weight is 330 g/mol. The smallest absolute Gasteiger partial charge is 0.265 e. The zero-order valence-corrected chi connectivity index (χ0v) is 13.2. The topological polar surface area (TPSA) is 76.4 Å². The minimum Gasteiger partial charge on any atom is -0.346 e. The van der Waals surface area contributed by atoms with Gasteiger partial charge in [-0.1, -0.05) is 18.2 Å². The predicted octanol–water partition coefficient (Wildman–Crippen LogP) is 2.17. The Balaban J connectivity index is 1.76. The van der Waals surface area contributed by atoms with Gasteiger partial charge in [0.1, 0.15) is 0 Å². The van der Waals surface area contributed by atoms with Gasteiger partial charge < -0.3 is 5.32 Å². The maximum Gasteiger partial charge on any atom is 0.265 e. The summed E-state index contributed by atoms with van der Waals surface area (Å²) in [6, 6.07) is 15.9. The number of nitrogens with one attached hydrogen (secondary N) is 1. The van der Waals surface area contributed by atoms with Gasteiger partial charge in [0.05, 0.1) is 28.7 Å². The van der Waals surface area contributed by atoms with Crippen molar-refractivity contribution in [2.75, 3.05) is 0 Å². The molecule has 3 heterocycles. The summed E-state index contributed by atoms with van der Waals surface area (Å²) in [4.78, 5) is 33.9. The summed E-state index contributed by atoms with van der Waals surface area (Å²) in [5.41, 5.74) is 1.81. The Morgan fingerprint density at radius 3 is 2.72 bits per heavy atom. The van der Waals surface area contributed by atoms with Crippen LogP contribution < -0.4 is 10.9 Å². The monoisotopic (exact) mass is 330 g/mol. The fourth-order valence-corrected chi connectivity index (χ4v) is 2.72. The minimum absolute atomic E-state index is 0.194. The summed E-state index contributed by atoms with van der Waals surface area (Å²) >= 11 is 0. The lowest BCUT2D eigenvalue weighted by Gasteiger charge is -2.09. The molecular weight excluding hydrogens is 316 g/mol. The van der Waals surface area contributed by atoms with E-state index < -0.39 is 0 Å². The summed E-state index contributed by atoms with van der Waals surface area (Å²) in [5, 5.41) is 3.34. The number of carbonyl (C=O) groups is 1. The standard InChI is InChI=1S/C19H14N4O2/c24-18(21-12-13-6-3-4-10-20-13)15-8-5-11-23-17(15)22-16-9-2-1-7-14(16)19(23)25/h1-11H,12H2,(H,21,24). The van der Waals surface area contributed by atoms with Crippen molar-refractivity contribution in [1.82, 2.24) is 19.7 Å². The Hall–Kier alpha value is -3.54. The molecule has 0 aliphatic carbocycles. The van der Waals surface area contributed by atoms with Crippen LogP contribution in [0, 0.1) is 0 Å². The molecule has 0 spiro atoms. The third-order valence-corrected chi connectivity index (χ3v) is 3.95. The van der Waals surface area contributed by atoms with Crippen LogP contribution in [0.4, 0.5) is 0 Å². The third-order valence-electron chi connectivity index (χ3n) is 3.95. The molecule has 3 aromatic heterocycles. The van der Waals surface area contributed by atoms with Gasteiger partial charge in [0.2, 0.25) is 0 Å². The minimum atomic E-state index is -0.300. The molecule has 0 bridgehead atoms. The molecule has 0 aliphatic heterocycles. The van der Waals surface area contributed by atoms with E-state index in [2.05, 4.69) is 15.3 Å². The molecule has 4 aromatic rings. The predicted molar refractivity (Wildman–Crippen MR) is 94.4 cm³/mol. The molecule has 1 aromatic carbocycles. The van der Waals surface area contributed by atoms with E-state index in [-0.39, 0.29) is 11.5 Å². The van der Waals surface area contributed by atoms with Gasteiger partial charge in [-0.05, 0) is 36.4 Å². The second-order valence-electron chi connectivity index (χ2n) is 5.55. The Bertz CT molecular complexity index is 1140. The molecule has 0 saturated carbocycles. The molecule has 25 heavy (non-hydrogen) atoms. The lowest BCUT2D eigenvalue weighted by Crippen LogP contribution is -2.26. The number of carbonyl (C=O) groups excluding carboxylic acids is 1. The largest absolute Gasteiger partial charge is 0.346 e. The van der Waals surface area contributed by atoms with Gasteiger partial charge in [-0.2, -0.15) is 0 Å². The fourth-order valence-electron chi connectivity index (χ4n) is 2.72. The highest BCUT2D eigenvalue weighted by Crippen LogP contribution is 2.12. The maximum absolute atomic E-state index is 12.6. The molecule has 0 saturated heterocycles. The molecule has 0 atom stereocenters. The number of aromatic nitrogens is 3. The lowest BCUT2D eigenvalue weighted by atomic mass is 10.2. The number of pyridine rings is 2. The fraction of sp³-hybridized carbons (Fsp3) is 0.0526. The second-order valence-corrected chi connectivity index (χ2v) is 5.55. The first-order valence-electron chi connectivity index (χ1n) is 7.82. The maximum atomic E-state index is 12.6. The molecule has 0 unspecified atom stereocenters. The molecule has 0 aliphatic rings. The SMILES string of the molecule is O=C(NCc1ccccn1)c1cccn2c(=O)c3ccccc3nc12. The van der Waals surface area contributed by atoms with Crippen LogP contribution in [0.2, 0.25) is 0 Å². The van der Waals surface area contributed by atoms with Crippen LogP contribution in [-0.4, -0.2) is 20.3 Å². The number of hydrogen-bond donors (Lipinski definition) is 1. The van der Waals surface area contributed by atoms with E-state index in [1.807, 2.05) is 24.3 Å². The van der Waals surface area contributed by atoms with Crippen molar-refractivity contribution in [1.29, 1.82) is 0 Å². The molecule has 1 N–H and O–H groups in total. The molecular formula is C19H14N4O2. The Morgan fingerprint density at radius 1 is 1.04 bits per heavy atom. The zero-order chi connectivity index (χ0) is 17.2. The Kier molecular flexibility index (Phi) is 3.70. The van der Waals surface area contributed by atoms with E-state index in [0.29, 0.717) is 28.7 Å². The first kappa shape index (κ1) is 15.0. The summed E-state index contributed by atoms with van der Waals surface area (Å²) in [6.07, 6.45) is 3.29. The van der Waals surface area contributed by atoms with Gasteiger partial charge in [0.25, 0.3) is 11.5 Å². The van der Waals surface area contributed by atoms with E-state index >= 15 is 0 Å². The Labute approximate surface area is 142 Å². The van der Waals surface area contributed by atoms with Crippen LogP contribution in [0.1, 0.15) is 16.1 Å². The third kappa shape index (κ3) is 2.74. The quantitative estimate of drug-likeness (QED) is 0.584. The summed E-state index contributed by atoms with van der Waals surface area (Å²) < 4.78 is 1.40. The van der Waals surface area contributed by atoms with Crippen LogP contribution in [0.15, 0.2) is 71.8 Å². The molecule has 6 heteroatoms. The number of rotatable bonds is 3. The van der Waals surface area contributed by atoms with Crippen LogP contribution >= 0.6 is 0 Å². The second kappa shape index (κ2) is 6.16. The van der Waals surface area contributed by atoms with Crippen molar-refractivity contribution in [3.8, 4) is 0 Å². The van der Waals surface area contributed by atoms with Gasteiger partial charge in [0, 0.05) is 12.4 Å². The number of amides is 1. The summed E-state index contributed by atoms with van der Waals surface area (Å²) in [6.45, 7) is 0.304. The Morgan fingerprint density at radius 2 is 1.88 bits per heavy atom. The van der Waals surface area contributed by atoms with E-state index in [4.69, 9.17) is 0 Å². The van der Waals surface area contributed by atoms with Gasteiger partial charge in [-0.15, -0.1) is 0 Å². The highest BCUT2D eigenvalue weighted by molar-refractivity contribution is 6.00. The molecule has 6 nitrogen and oxygen atoms in total. The molecule has 0 fully saturated rings. The number of hydrogen-bond acceptors (Lipinski definition) is 4. The molecule has 1 amide bonds. The molecule has 122 valence electrons. The first-order valence-corrected chi connectivity index (χ1v) is 7.82. The van der Waals surface area contributed by atoms with Crippen molar-refractivity contribution in [3.05, 3.63) is 88.6 Å². The zero-order valence-electron chi connectivity index (χ0n) is 13.2. The number of para-hydroxylation sites is 1. The van der Waals surface area contributed by atoms with Crippen molar-refractivity contribution in [2.45, 2.75) is 6.54 Å². The van der Waals surface area contributed by atoms with Crippen LogP contribution in [0.3, 0.4) is 0 Å². The van der Waals surface area contributed by atoms with Crippen molar-refractivity contribution in [2.24, 2.45) is 0 Å². The van der Waals surface area contributed by atoms with Gasteiger partial charge in [-0.3, -0.25) is 19.0 Å². The van der Waals surface area contributed by atoms with Crippen molar-refractivity contribution < 1.29 is 4.79 Å². The van der Waals surface area contributed by atoms with E-state index in [1.54, 1.807) is 42.7 Å². The average Bonchev–Trinajstić information content (AvgIpc) is 2.67. The van der Waals surface area contributed by atoms with E-state index in [0.717, 1.165) is 5.69 Å². The van der Waals surface area contributed by atoms with Crippen LogP contribution in [0.5, 0.6) is 0 Å². The lowest BCUT2D eigenvalue weighted by molar-refractivity contribution is 0.0951. The van der Waals surface area contributed by atoms with Crippen LogP contribution in [0.25, 0.3) is 16.6 Å². The summed E-state index contributed by atoms with van der Waals surface area (Å²) in [7, 11) is 0. The molecule has 0 radical (unpaired) electrons. The van der Waals surface area contributed by atoms with Crippen molar-refractivity contribution >= 4 is 22.5 Å². The van der Waals surface area contributed by atoms with Gasteiger partial charge >= 0.3 is 0 Å². The first-order chi connectivity index (χ1) is 12.2. The number of nitrogens with zero attached hydrogens (tertiary/aromatic N) is 3. The summed E-state index contributed by atoms with van der Waals surface area (Å²) in [5.74, 6) is -0.300. The van der Waals surface area contributed by atoms with E-state index in [1.165, 1.54) is 4.40 Å². The normalized spacial score (nSPS) is 10.9. The highest BCUT2D eigenvalue weighted by Gasteiger charge is 2.14. The van der Waals surface area contributed by atoms with Crippen LogP contribution in [-0.2, 0) is 6.54 Å². The molecule has 4 rings (SSSR count).